The summed E-state index contributed by atoms with van der Waals surface area (Å²) in [4.78, 5) is 22.2. The van der Waals surface area contributed by atoms with Crippen LogP contribution in [0, 0.1) is 10.1 Å². The minimum atomic E-state index is -0.507. The number of hydrazone groups is 1. The lowest BCUT2D eigenvalue weighted by atomic mass is 10.1. The highest BCUT2D eigenvalue weighted by atomic mass is 79.9. The molecule has 0 saturated carbocycles. The van der Waals surface area contributed by atoms with Gasteiger partial charge in [-0.15, -0.1) is 0 Å². The smallest absolute Gasteiger partial charge is 0.273 e. The van der Waals surface area contributed by atoms with Gasteiger partial charge in [-0.25, -0.2) is 5.43 Å². The van der Waals surface area contributed by atoms with Gasteiger partial charge in [0.2, 0.25) is 5.91 Å². The molecule has 0 saturated heterocycles. The summed E-state index contributed by atoms with van der Waals surface area (Å²) in [6.07, 6.45) is 1.40. The van der Waals surface area contributed by atoms with Crippen molar-refractivity contribution in [1.82, 2.24) is 5.43 Å². The van der Waals surface area contributed by atoms with Gasteiger partial charge in [-0.3, -0.25) is 14.9 Å². The molecule has 2 rings (SSSR count). The fourth-order valence-corrected chi connectivity index (χ4v) is 2.23. The van der Waals surface area contributed by atoms with Gasteiger partial charge in [0.1, 0.15) is 0 Å². The number of nitrogens with zero attached hydrogens (tertiary/aromatic N) is 2. The summed E-state index contributed by atoms with van der Waals surface area (Å²) in [6, 6.07) is 13.5. The van der Waals surface area contributed by atoms with Crippen LogP contribution in [0.3, 0.4) is 0 Å². The third-order valence-corrected chi connectivity index (χ3v) is 3.28. The second-order valence-electron chi connectivity index (χ2n) is 4.41. The van der Waals surface area contributed by atoms with Crippen molar-refractivity contribution in [2.75, 3.05) is 0 Å². The molecule has 0 atom stereocenters. The summed E-state index contributed by atoms with van der Waals surface area (Å²) < 4.78 is 0.905. The highest BCUT2D eigenvalue weighted by molar-refractivity contribution is 9.10. The first-order valence-electron chi connectivity index (χ1n) is 6.36. The molecule has 0 fully saturated rings. The molecule has 2 aromatic carbocycles. The number of carbonyl (C=O) groups excluding carboxylic acids is 1. The van der Waals surface area contributed by atoms with Crippen LogP contribution in [0.15, 0.2) is 58.1 Å². The molecule has 6 nitrogen and oxygen atoms in total. The average molecular weight is 362 g/mol. The number of nitro groups is 1. The van der Waals surface area contributed by atoms with Gasteiger partial charge in [-0.2, -0.15) is 5.10 Å². The predicted octanol–water partition coefficient (Wildman–Crippen LogP) is 3.05. The van der Waals surface area contributed by atoms with Crippen molar-refractivity contribution in [3.63, 3.8) is 0 Å². The lowest BCUT2D eigenvalue weighted by Gasteiger charge is -2.02. The Bertz CT molecular complexity index is 731. The lowest BCUT2D eigenvalue weighted by Crippen LogP contribution is -2.20. The number of carbonyl (C=O) groups is 1. The van der Waals surface area contributed by atoms with Crippen LogP contribution in [-0.4, -0.2) is 17.0 Å². The normalized spacial score (nSPS) is 10.6. The maximum absolute atomic E-state index is 11.8. The zero-order valence-electron chi connectivity index (χ0n) is 11.4. The average Bonchev–Trinajstić information content (AvgIpc) is 2.47. The Morgan fingerprint density at radius 1 is 1.27 bits per heavy atom. The predicted molar refractivity (Wildman–Crippen MR) is 86.7 cm³/mol. The number of benzene rings is 2. The first kappa shape index (κ1) is 15.8. The SMILES string of the molecule is O=C(Cc1ccccc1[N+](=O)[O-])N/N=C/c1cccc(Br)c1. The van der Waals surface area contributed by atoms with E-state index in [1.807, 2.05) is 24.3 Å². The number of nitro benzene ring substituents is 1. The van der Waals surface area contributed by atoms with Gasteiger partial charge in [-0.1, -0.05) is 46.3 Å². The van der Waals surface area contributed by atoms with Gasteiger partial charge in [0.15, 0.2) is 0 Å². The number of halogens is 1. The summed E-state index contributed by atoms with van der Waals surface area (Å²) in [6.45, 7) is 0. The van der Waals surface area contributed by atoms with Crippen LogP contribution in [0.1, 0.15) is 11.1 Å². The van der Waals surface area contributed by atoms with E-state index in [0.29, 0.717) is 5.56 Å². The molecule has 112 valence electrons. The van der Waals surface area contributed by atoms with E-state index in [-0.39, 0.29) is 12.1 Å². The fourth-order valence-electron chi connectivity index (χ4n) is 1.82. The summed E-state index contributed by atoms with van der Waals surface area (Å²) in [7, 11) is 0. The largest absolute Gasteiger partial charge is 0.273 e. The van der Waals surface area contributed by atoms with E-state index < -0.39 is 10.8 Å². The molecule has 0 bridgehead atoms. The van der Waals surface area contributed by atoms with Gasteiger partial charge in [0, 0.05) is 16.1 Å². The van der Waals surface area contributed by atoms with Gasteiger partial charge in [0.05, 0.1) is 17.6 Å². The first-order valence-corrected chi connectivity index (χ1v) is 7.15. The maximum Gasteiger partial charge on any atom is 0.273 e. The molecular weight excluding hydrogens is 350 g/mol. The molecule has 1 N–H and O–H groups in total. The van der Waals surface area contributed by atoms with Crippen LogP contribution in [0.5, 0.6) is 0 Å². The topological polar surface area (TPSA) is 84.6 Å². The Labute approximate surface area is 135 Å². The molecule has 2 aromatic rings. The highest BCUT2D eigenvalue weighted by Gasteiger charge is 2.14. The molecule has 0 aliphatic rings. The van der Waals surface area contributed by atoms with E-state index in [1.54, 1.807) is 18.2 Å². The summed E-state index contributed by atoms with van der Waals surface area (Å²) in [5, 5.41) is 14.7. The summed E-state index contributed by atoms with van der Waals surface area (Å²) in [5.41, 5.74) is 3.45. The van der Waals surface area contributed by atoms with Gasteiger partial charge >= 0.3 is 0 Å². The van der Waals surface area contributed by atoms with Crippen LogP contribution >= 0.6 is 15.9 Å². The molecule has 0 aliphatic carbocycles. The number of para-hydroxylation sites is 1. The van der Waals surface area contributed by atoms with E-state index in [0.717, 1.165) is 10.0 Å². The monoisotopic (exact) mass is 361 g/mol. The molecular formula is C15H12BrN3O3. The fraction of sp³-hybridized carbons (Fsp3) is 0.0667. The third-order valence-electron chi connectivity index (χ3n) is 2.79. The highest BCUT2D eigenvalue weighted by Crippen LogP contribution is 2.17. The second-order valence-corrected chi connectivity index (χ2v) is 5.33. The summed E-state index contributed by atoms with van der Waals surface area (Å²) >= 11 is 3.34. The van der Waals surface area contributed by atoms with E-state index in [2.05, 4.69) is 26.5 Å². The molecule has 0 spiro atoms. The van der Waals surface area contributed by atoms with Crippen LogP contribution in [0.25, 0.3) is 0 Å². The minimum absolute atomic E-state index is 0.0754. The van der Waals surface area contributed by atoms with E-state index in [4.69, 9.17) is 0 Å². The van der Waals surface area contributed by atoms with Crippen LogP contribution in [0.2, 0.25) is 0 Å². The Morgan fingerprint density at radius 3 is 2.77 bits per heavy atom. The molecule has 0 aliphatic heterocycles. The third kappa shape index (κ3) is 4.49. The van der Waals surface area contributed by atoms with Crippen molar-refractivity contribution in [2.45, 2.75) is 6.42 Å². The Kier molecular flexibility index (Phi) is 5.37. The van der Waals surface area contributed by atoms with Gasteiger partial charge in [-0.05, 0) is 17.7 Å². The summed E-state index contributed by atoms with van der Waals surface area (Å²) in [5.74, 6) is -0.416. The van der Waals surface area contributed by atoms with Crippen molar-refractivity contribution in [3.8, 4) is 0 Å². The molecule has 0 aromatic heterocycles. The number of rotatable bonds is 5. The molecule has 0 radical (unpaired) electrons. The molecule has 0 heterocycles. The Hall–Kier alpha value is -2.54. The van der Waals surface area contributed by atoms with Crippen LogP contribution in [-0.2, 0) is 11.2 Å². The number of hydrogen-bond acceptors (Lipinski definition) is 4. The molecule has 22 heavy (non-hydrogen) atoms. The second kappa shape index (κ2) is 7.46. The van der Waals surface area contributed by atoms with Gasteiger partial charge < -0.3 is 0 Å². The van der Waals surface area contributed by atoms with Gasteiger partial charge in [0.25, 0.3) is 5.69 Å². The Morgan fingerprint density at radius 2 is 2.05 bits per heavy atom. The molecule has 7 heteroatoms. The standard InChI is InChI=1S/C15H12BrN3O3/c16-13-6-3-4-11(8-13)10-17-18-15(20)9-12-5-1-2-7-14(12)19(21)22/h1-8,10H,9H2,(H,18,20)/b17-10+. The van der Waals surface area contributed by atoms with E-state index in [1.165, 1.54) is 12.3 Å². The first-order chi connectivity index (χ1) is 10.6. The van der Waals surface area contributed by atoms with Crippen molar-refractivity contribution in [1.29, 1.82) is 0 Å². The minimum Gasteiger partial charge on any atom is -0.273 e. The maximum atomic E-state index is 11.8. The Balaban J connectivity index is 1.98. The molecule has 1 amide bonds. The van der Waals surface area contributed by atoms with E-state index >= 15 is 0 Å². The number of nitrogens with one attached hydrogen (secondary N) is 1. The molecule has 0 unspecified atom stereocenters. The van der Waals surface area contributed by atoms with Crippen molar-refractivity contribution < 1.29 is 9.72 Å². The lowest BCUT2D eigenvalue weighted by molar-refractivity contribution is -0.385. The van der Waals surface area contributed by atoms with Crippen LogP contribution < -0.4 is 5.43 Å². The zero-order valence-corrected chi connectivity index (χ0v) is 13.0. The van der Waals surface area contributed by atoms with Crippen molar-refractivity contribution in [2.24, 2.45) is 5.10 Å². The quantitative estimate of drug-likeness (QED) is 0.504. The number of amides is 1. The van der Waals surface area contributed by atoms with Crippen molar-refractivity contribution >= 4 is 33.7 Å². The zero-order chi connectivity index (χ0) is 15.9. The van der Waals surface area contributed by atoms with Crippen LogP contribution in [0.4, 0.5) is 5.69 Å². The van der Waals surface area contributed by atoms with E-state index in [9.17, 15) is 14.9 Å². The van der Waals surface area contributed by atoms with Crippen molar-refractivity contribution in [3.05, 3.63) is 74.2 Å². The number of hydrogen-bond donors (Lipinski definition) is 1.